The van der Waals surface area contributed by atoms with Crippen molar-refractivity contribution in [2.75, 3.05) is 6.54 Å². The summed E-state index contributed by atoms with van der Waals surface area (Å²) in [5.41, 5.74) is 6.11. The first kappa shape index (κ1) is 22.4. The van der Waals surface area contributed by atoms with Crippen molar-refractivity contribution in [3.8, 4) is 0 Å². The van der Waals surface area contributed by atoms with Gasteiger partial charge in [-0.1, -0.05) is 6.07 Å². The Kier molecular flexibility index (Phi) is 8.95. The Morgan fingerprint density at radius 2 is 2.11 bits per heavy atom. The van der Waals surface area contributed by atoms with Crippen molar-refractivity contribution >= 4 is 28.8 Å². The van der Waals surface area contributed by atoms with Gasteiger partial charge in [0.25, 0.3) is 5.91 Å². The number of rotatable bonds is 8. The van der Waals surface area contributed by atoms with Gasteiger partial charge in [-0.15, -0.1) is 11.3 Å². The number of carbonyl (C=O) groups excluding carboxylic acids is 3. The number of nitrogens with zero attached hydrogens (tertiary/aromatic N) is 1. The zero-order valence-electron chi connectivity index (χ0n) is 15.5. The number of aromatic nitrogens is 1. The molecule has 2 aromatic rings. The molecule has 0 saturated heterocycles. The van der Waals surface area contributed by atoms with E-state index < -0.39 is 0 Å². The molecule has 1 aliphatic carbocycles. The van der Waals surface area contributed by atoms with Gasteiger partial charge < -0.3 is 17.0 Å². The van der Waals surface area contributed by atoms with Gasteiger partial charge >= 0.3 is 0 Å². The van der Waals surface area contributed by atoms with Gasteiger partial charge in [-0.05, 0) is 42.7 Å². The molecule has 0 bridgehead atoms. The third-order valence-corrected chi connectivity index (χ3v) is 5.62. The second-order valence-corrected chi connectivity index (χ2v) is 7.78. The lowest BCUT2D eigenvalue weighted by molar-refractivity contribution is -0.683. The van der Waals surface area contributed by atoms with E-state index in [2.05, 4.69) is 10.9 Å². The minimum absolute atomic E-state index is 0. The zero-order chi connectivity index (χ0) is 19.1. The Balaban J connectivity index is 0.00000280. The first-order valence-electron chi connectivity index (χ1n) is 9.22. The maximum atomic E-state index is 12.3. The summed E-state index contributed by atoms with van der Waals surface area (Å²) >= 11 is 1.41. The van der Waals surface area contributed by atoms with Crippen molar-refractivity contribution in [1.82, 2.24) is 10.9 Å². The third kappa shape index (κ3) is 6.61. The number of Topliss-reactive ketones (excluding diaryl/α,β-unsaturated/α-hetero) is 2. The van der Waals surface area contributed by atoms with E-state index in [4.69, 9.17) is 0 Å². The molecule has 2 N–H and O–H groups in total. The van der Waals surface area contributed by atoms with Crippen molar-refractivity contribution in [2.24, 2.45) is 5.92 Å². The molecule has 0 aromatic carbocycles. The number of hydrazine groups is 1. The minimum Gasteiger partial charge on any atom is -1.00 e. The first-order chi connectivity index (χ1) is 13.1. The van der Waals surface area contributed by atoms with Crippen LogP contribution in [0.2, 0.25) is 0 Å². The third-order valence-electron chi connectivity index (χ3n) is 4.71. The highest BCUT2D eigenvalue weighted by atomic mass is 79.9. The predicted octanol–water partition coefficient (Wildman–Crippen LogP) is -0.694. The molecular weight excluding hydrogens is 442 g/mol. The number of ketones is 2. The fraction of sp³-hybridized carbons (Fsp3) is 0.400. The van der Waals surface area contributed by atoms with Crippen LogP contribution in [0, 0.1) is 5.92 Å². The Morgan fingerprint density at radius 1 is 1.25 bits per heavy atom. The molecule has 1 fully saturated rings. The van der Waals surface area contributed by atoms with Crippen LogP contribution in [0.15, 0.2) is 42.0 Å². The SMILES string of the molecule is O=C1CCCC(CCNNC(=O)c2ccc[n+](CC(=O)c3cccs3)c2)C1.[Br-]. The van der Waals surface area contributed by atoms with Crippen LogP contribution in [0.3, 0.4) is 0 Å². The van der Waals surface area contributed by atoms with Gasteiger partial charge in [0.2, 0.25) is 12.3 Å². The summed E-state index contributed by atoms with van der Waals surface area (Å²) in [4.78, 5) is 36.7. The lowest BCUT2D eigenvalue weighted by Crippen LogP contribution is -3.00. The molecule has 1 atom stereocenters. The van der Waals surface area contributed by atoms with E-state index in [-0.39, 0.29) is 35.2 Å². The van der Waals surface area contributed by atoms with Crippen LogP contribution in [-0.2, 0) is 11.3 Å². The van der Waals surface area contributed by atoms with E-state index in [0.717, 1.165) is 19.3 Å². The fourth-order valence-electron chi connectivity index (χ4n) is 3.29. The summed E-state index contributed by atoms with van der Waals surface area (Å²) in [6, 6.07) is 7.11. The summed E-state index contributed by atoms with van der Waals surface area (Å²) in [7, 11) is 0. The van der Waals surface area contributed by atoms with E-state index in [1.807, 2.05) is 11.4 Å². The maximum Gasteiger partial charge on any atom is 0.271 e. The number of thiophene rings is 1. The molecular formula is C20H24BrN3O3S. The fourth-order valence-corrected chi connectivity index (χ4v) is 3.94. The van der Waals surface area contributed by atoms with Crippen LogP contribution in [-0.4, -0.2) is 24.0 Å². The second kappa shape index (κ2) is 11.2. The highest BCUT2D eigenvalue weighted by Gasteiger charge is 2.19. The number of nitrogens with one attached hydrogen (secondary N) is 2. The molecule has 28 heavy (non-hydrogen) atoms. The Morgan fingerprint density at radius 3 is 2.86 bits per heavy atom. The van der Waals surface area contributed by atoms with Crippen molar-refractivity contribution < 1.29 is 35.9 Å². The Bertz CT molecular complexity index is 811. The number of amides is 1. The van der Waals surface area contributed by atoms with Gasteiger partial charge in [0.05, 0.1) is 4.88 Å². The van der Waals surface area contributed by atoms with E-state index in [9.17, 15) is 14.4 Å². The van der Waals surface area contributed by atoms with Crippen LogP contribution in [0.25, 0.3) is 0 Å². The highest BCUT2D eigenvalue weighted by molar-refractivity contribution is 7.12. The summed E-state index contributed by atoms with van der Waals surface area (Å²) in [5, 5.41) is 1.87. The molecule has 1 amide bonds. The van der Waals surface area contributed by atoms with Crippen LogP contribution >= 0.6 is 11.3 Å². The summed E-state index contributed by atoms with van der Waals surface area (Å²) in [6.45, 7) is 0.832. The van der Waals surface area contributed by atoms with Crippen LogP contribution in [0.4, 0.5) is 0 Å². The average Bonchev–Trinajstić information content (AvgIpc) is 3.20. The van der Waals surface area contributed by atoms with Gasteiger partial charge in [-0.2, -0.15) is 4.57 Å². The monoisotopic (exact) mass is 465 g/mol. The van der Waals surface area contributed by atoms with Crippen molar-refractivity contribution in [1.29, 1.82) is 0 Å². The summed E-state index contributed by atoms with van der Waals surface area (Å²) < 4.78 is 1.71. The molecule has 2 heterocycles. The second-order valence-electron chi connectivity index (χ2n) is 6.84. The highest BCUT2D eigenvalue weighted by Crippen LogP contribution is 2.23. The topological polar surface area (TPSA) is 79.2 Å². The molecule has 1 unspecified atom stereocenters. The van der Waals surface area contributed by atoms with Gasteiger partial charge in [-0.25, -0.2) is 5.43 Å². The van der Waals surface area contributed by atoms with Crippen LogP contribution < -0.4 is 32.4 Å². The molecule has 0 radical (unpaired) electrons. The standard InChI is InChI=1S/C20H23N3O3S.BrH/c24-17-6-1-4-15(12-17)8-9-21-22-20(26)16-5-2-10-23(13-16)14-18(25)19-7-3-11-27-19;/h2-3,5,7,10-11,13,15,21H,1,4,6,8-9,12,14H2;1H. The van der Waals surface area contributed by atoms with Gasteiger partial charge in [0.15, 0.2) is 12.4 Å². The van der Waals surface area contributed by atoms with Crippen LogP contribution in [0.1, 0.15) is 52.1 Å². The molecule has 0 spiro atoms. The van der Waals surface area contributed by atoms with Gasteiger partial charge in [0, 0.05) is 25.5 Å². The van der Waals surface area contributed by atoms with Crippen molar-refractivity contribution in [2.45, 2.75) is 38.6 Å². The van der Waals surface area contributed by atoms with E-state index in [0.29, 0.717) is 41.5 Å². The molecule has 150 valence electrons. The number of halogens is 1. The summed E-state index contributed by atoms with van der Waals surface area (Å²) in [5.74, 6) is 0.541. The van der Waals surface area contributed by atoms with Crippen molar-refractivity contribution in [3.63, 3.8) is 0 Å². The normalized spacial score (nSPS) is 16.3. The molecule has 0 aliphatic heterocycles. The average molecular weight is 466 g/mol. The largest absolute Gasteiger partial charge is 1.00 e. The Labute approximate surface area is 179 Å². The van der Waals surface area contributed by atoms with Gasteiger partial charge in [-0.3, -0.25) is 19.8 Å². The summed E-state index contributed by atoms with van der Waals surface area (Å²) in [6.07, 6.45) is 7.74. The first-order valence-corrected chi connectivity index (χ1v) is 10.1. The molecule has 3 rings (SSSR count). The predicted molar refractivity (Wildman–Crippen MR) is 102 cm³/mol. The zero-order valence-corrected chi connectivity index (χ0v) is 17.9. The lowest BCUT2D eigenvalue weighted by atomic mass is 9.86. The van der Waals surface area contributed by atoms with E-state index in [1.54, 1.807) is 35.2 Å². The smallest absolute Gasteiger partial charge is 0.271 e. The minimum atomic E-state index is -0.243. The van der Waals surface area contributed by atoms with Crippen molar-refractivity contribution in [3.05, 3.63) is 52.5 Å². The molecule has 1 aliphatic rings. The van der Waals surface area contributed by atoms with E-state index in [1.165, 1.54) is 11.3 Å². The molecule has 8 heteroatoms. The molecule has 2 aromatic heterocycles. The van der Waals surface area contributed by atoms with E-state index >= 15 is 0 Å². The lowest BCUT2D eigenvalue weighted by Gasteiger charge is -2.20. The molecule has 6 nitrogen and oxygen atoms in total. The molecule has 1 saturated carbocycles. The van der Waals surface area contributed by atoms with Gasteiger partial charge in [0.1, 0.15) is 11.3 Å². The number of carbonyl (C=O) groups is 3. The number of pyridine rings is 1. The number of hydrogen-bond acceptors (Lipinski definition) is 5. The number of hydrogen-bond donors (Lipinski definition) is 2. The maximum absolute atomic E-state index is 12.3. The van der Waals surface area contributed by atoms with Crippen LogP contribution in [0.5, 0.6) is 0 Å². The quantitative estimate of drug-likeness (QED) is 0.234. The Hall–Kier alpha value is -1.90.